The van der Waals surface area contributed by atoms with Crippen molar-refractivity contribution < 1.29 is 14.3 Å². The maximum atomic E-state index is 11.8. The Labute approximate surface area is 163 Å². The third-order valence-corrected chi connectivity index (χ3v) is 6.49. The van der Waals surface area contributed by atoms with Crippen LogP contribution < -0.4 is 15.2 Å². The molecule has 0 amide bonds. The smallest absolute Gasteiger partial charge is 0.308 e. The molecule has 1 fully saturated rings. The molecule has 2 aliphatic rings. The van der Waals surface area contributed by atoms with Gasteiger partial charge in [-0.05, 0) is 69.1 Å². The number of unbranched alkanes of at least 4 members (excludes halogenated alkanes) is 2. The highest BCUT2D eigenvalue weighted by Crippen LogP contribution is 2.55. The number of ether oxygens (including phenoxy) is 2. The summed E-state index contributed by atoms with van der Waals surface area (Å²) in [5.74, 6) is 2.41. The predicted octanol–water partition coefficient (Wildman–Crippen LogP) is 4.97. The van der Waals surface area contributed by atoms with E-state index in [2.05, 4.69) is 39.8 Å². The van der Waals surface area contributed by atoms with Crippen LogP contribution in [-0.4, -0.2) is 17.6 Å². The lowest BCUT2D eigenvalue weighted by atomic mass is 9.62. The highest BCUT2D eigenvalue weighted by Gasteiger charge is 2.49. The van der Waals surface area contributed by atoms with Crippen molar-refractivity contribution in [1.29, 1.82) is 0 Å². The lowest BCUT2D eigenvalue weighted by Gasteiger charge is -2.50. The standard InChI is InChI=1S/C23H35NO3/c1-6-7-8-9-16-11-20(26-15(3)25)22-17-10-14(2)19(24)13-18(17)23(4,5)27-21(22)12-16/h11-12,14,17-19H,6-10,13,24H2,1-5H3/t14?,17-,18-,19?/m1/s1. The number of fused-ring (bicyclic) bond motifs is 3. The summed E-state index contributed by atoms with van der Waals surface area (Å²) in [5.41, 5.74) is 8.39. The zero-order valence-corrected chi connectivity index (χ0v) is 17.5. The molecule has 0 aromatic heterocycles. The summed E-state index contributed by atoms with van der Waals surface area (Å²) in [5, 5.41) is 0. The number of hydrogen-bond donors (Lipinski definition) is 1. The number of carbonyl (C=O) groups is 1. The normalized spacial score (nSPS) is 28.7. The van der Waals surface area contributed by atoms with Gasteiger partial charge in [-0.25, -0.2) is 0 Å². The average Bonchev–Trinajstić information content (AvgIpc) is 2.55. The molecular formula is C23H35NO3. The first-order chi connectivity index (χ1) is 12.7. The first-order valence-electron chi connectivity index (χ1n) is 10.5. The van der Waals surface area contributed by atoms with Gasteiger partial charge in [0, 0.05) is 24.4 Å². The lowest BCUT2D eigenvalue weighted by Crippen LogP contribution is -2.51. The van der Waals surface area contributed by atoms with Gasteiger partial charge in [-0.3, -0.25) is 4.79 Å². The lowest BCUT2D eigenvalue weighted by molar-refractivity contribution is -0.132. The summed E-state index contributed by atoms with van der Waals surface area (Å²) < 4.78 is 12.2. The van der Waals surface area contributed by atoms with Crippen molar-refractivity contribution in [1.82, 2.24) is 0 Å². The Hall–Kier alpha value is -1.55. The molecule has 0 radical (unpaired) electrons. The Morgan fingerprint density at radius 2 is 2.04 bits per heavy atom. The molecule has 2 unspecified atom stereocenters. The predicted molar refractivity (Wildman–Crippen MR) is 108 cm³/mol. The van der Waals surface area contributed by atoms with Crippen molar-refractivity contribution in [2.45, 2.75) is 90.7 Å². The van der Waals surface area contributed by atoms with Crippen LogP contribution >= 0.6 is 0 Å². The Morgan fingerprint density at radius 3 is 2.70 bits per heavy atom. The number of carbonyl (C=O) groups excluding carboxylic acids is 1. The SMILES string of the molecule is CCCCCc1cc(OC(C)=O)c2c(c1)OC(C)(C)[C@@H]1CC(N)C(C)C[C@@H]21. The molecule has 1 saturated carbocycles. The van der Waals surface area contributed by atoms with Crippen molar-refractivity contribution in [2.24, 2.45) is 17.6 Å². The number of benzene rings is 1. The van der Waals surface area contributed by atoms with Crippen LogP contribution in [0.1, 0.15) is 83.8 Å². The van der Waals surface area contributed by atoms with Gasteiger partial charge in [-0.1, -0.05) is 26.7 Å². The average molecular weight is 374 g/mol. The van der Waals surface area contributed by atoms with E-state index in [1.165, 1.54) is 25.3 Å². The summed E-state index contributed by atoms with van der Waals surface area (Å²) in [6, 6.07) is 4.43. The fourth-order valence-electron chi connectivity index (χ4n) is 4.94. The minimum atomic E-state index is -0.273. The second-order valence-corrected chi connectivity index (χ2v) is 9.09. The molecule has 2 N–H and O–H groups in total. The van der Waals surface area contributed by atoms with Gasteiger partial charge in [-0.15, -0.1) is 0 Å². The maximum Gasteiger partial charge on any atom is 0.308 e. The number of aryl methyl sites for hydroxylation is 1. The minimum absolute atomic E-state index is 0.196. The maximum absolute atomic E-state index is 11.8. The first-order valence-corrected chi connectivity index (χ1v) is 10.5. The minimum Gasteiger partial charge on any atom is -0.487 e. The Bertz CT molecular complexity index is 697. The molecule has 1 aliphatic heterocycles. The van der Waals surface area contributed by atoms with Crippen LogP contribution in [0.4, 0.5) is 0 Å². The summed E-state index contributed by atoms with van der Waals surface area (Å²) in [6.07, 6.45) is 6.45. The summed E-state index contributed by atoms with van der Waals surface area (Å²) in [6.45, 7) is 10.3. The van der Waals surface area contributed by atoms with Crippen molar-refractivity contribution in [3.63, 3.8) is 0 Å². The molecule has 27 heavy (non-hydrogen) atoms. The molecule has 1 aliphatic carbocycles. The van der Waals surface area contributed by atoms with Crippen LogP contribution in [0.15, 0.2) is 12.1 Å². The van der Waals surface area contributed by atoms with E-state index in [0.29, 0.717) is 23.5 Å². The molecule has 0 bridgehead atoms. The van der Waals surface area contributed by atoms with Crippen LogP contribution in [0.5, 0.6) is 11.5 Å². The van der Waals surface area contributed by atoms with Gasteiger partial charge in [0.25, 0.3) is 0 Å². The largest absolute Gasteiger partial charge is 0.487 e. The number of esters is 1. The van der Waals surface area contributed by atoms with E-state index >= 15 is 0 Å². The van der Waals surface area contributed by atoms with Crippen molar-refractivity contribution in [2.75, 3.05) is 0 Å². The third kappa shape index (κ3) is 4.16. The second kappa shape index (κ2) is 7.83. The van der Waals surface area contributed by atoms with E-state index in [-0.39, 0.29) is 17.6 Å². The van der Waals surface area contributed by atoms with Crippen LogP contribution in [0, 0.1) is 11.8 Å². The molecule has 0 spiro atoms. The zero-order chi connectivity index (χ0) is 19.8. The van der Waals surface area contributed by atoms with E-state index in [0.717, 1.165) is 37.0 Å². The molecule has 1 aromatic rings. The van der Waals surface area contributed by atoms with Gasteiger partial charge in [0.2, 0.25) is 0 Å². The molecule has 4 nitrogen and oxygen atoms in total. The van der Waals surface area contributed by atoms with Gasteiger partial charge >= 0.3 is 5.97 Å². The number of hydrogen-bond acceptors (Lipinski definition) is 4. The molecule has 150 valence electrons. The first kappa shape index (κ1) is 20.2. The Kier molecular flexibility index (Phi) is 5.85. The number of rotatable bonds is 5. The highest BCUT2D eigenvalue weighted by atomic mass is 16.5. The third-order valence-electron chi connectivity index (χ3n) is 6.49. The van der Waals surface area contributed by atoms with E-state index in [4.69, 9.17) is 15.2 Å². The molecule has 1 heterocycles. The number of nitrogens with two attached hydrogens (primary N) is 1. The van der Waals surface area contributed by atoms with E-state index in [9.17, 15) is 4.79 Å². The van der Waals surface area contributed by atoms with Gasteiger partial charge in [0.05, 0.1) is 0 Å². The van der Waals surface area contributed by atoms with Crippen LogP contribution in [-0.2, 0) is 11.2 Å². The fourth-order valence-corrected chi connectivity index (χ4v) is 4.94. The van der Waals surface area contributed by atoms with Crippen LogP contribution in [0.3, 0.4) is 0 Å². The van der Waals surface area contributed by atoms with Gasteiger partial charge in [0.1, 0.15) is 17.1 Å². The van der Waals surface area contributed by atoms with Gasteiger partial charge in [-0.2, -0.15) is 0 Å². The molecule has 0 saturated heterocycles. The van der Waals surface area contributed by atoms with Gasteiger partial charge < -0.3 is 15.2 Å². The quantitative estimate of drug-likeness (QED) is 0.449. The van der Waals surface area contributed by atoms with Crippen LogP contribution in [0.2, 0.25) is 0 Å². The van der Waals surface area contributed by atoms with E-state index in [1.807, 2.05) is 0 Å². The Morgan fingerprint density at radius 1 is 1.30 bits per heavy atom. The summed E-state index contributed by atoms with van der Waals surface area (Å²) in [4.78, 5) is 11.8. The van der Waals surface area contributed by atoms with Crippen LogP contribution in [0.25, 0.3) is 0 Å². The van der Waals surface area contributed by atoms with Gasteiger partial charge in [0.15, 0.2) is 0 Å². The molecule has 3 rings (SSSR count). The molecular weight excluding hydrogens is 338 g/mol. The second-order valence-electron chi connectivity index (χ2n) is 9.09. The Balaban J connectivity index is 2.04. The summed E-state index contributed by atoms with van der Waals surface area (Å²) in [7, 11) is 0. The molecule has 4 atom stereocenters. The van der Waals surface area contributed by atoms with Crippen molar-refractivity contribution in [3.05, 3.63) is 23.3 Å². The van der Waals surface area contributed by atoms with Crippen molar-refractivity contribution in [3.8, 4) is 11.5 Å². The van der Waals surface area contributed by atoms with Crippen molar-refractivity contribution >= 4 is 5.97 Å². The fraction of sp³-hybridized carbons (Fsp3) is 0.696. The molecule has 4 heteroatoms. The monoisotopic (exact) mass is 373 g/mol. The topological polar surface area (TPSA) is 61.5 Å². The summed E-state index contributed by atoms with van der Waals surface area (Å²) >= 11 is 0. The van der Waals surface area contributed by atoms with E-state index < -0.39 is 0 Å². The zero-order valence-electron chi connectivity index (χ0n) is 17.5. The van der Waals surface area contributed by atoms with E-state index in [1.54, 1.807) is 0 Å². The molecule has 1 aromatic carbocycles. The highest BCUT2D eigenvalue weighted by molar-refractivity contribution is 5.71.